The van der Waals surface area contributed by atoms with Gasteiger partial charge in [-0.05, 0) is 19.1 Å². The van der Waals surface area contributed by atoms with E-state index in [4.69, 9.17) is 5.11 Å². The summed E-state index contributed by atoms with van der Waals surface area (Å²) in [5.74, 6) is 0. The summed E-state index contributed by atoms with van der Waals surface area (Å²) in [4.78, 5) is 10.1. The Morgan fingerprint density at radius 1 is 0.941 bits per heavy atom. The van der Waals surface area contributed by atoms with Crippen LogP contribution >= 0.6 is 0 Å². The molecule has 0 unspecified atom stereocenters. The van der Waals surface area contributed by atoms with Gasteiger partial charge in [-0.1, -0.05) is 54.1 Å². The van der Waals surface area contributed by atoms with E-state index < -0.39 is 6.09 Å². The maximum atomic E-state index is 10.1. The summed E-state index contributed by atoms with van der Waals surface area (Å²) in [5.41, 5.74) is 1.91. The summed E-state index contributed by atoms with van der Waals surface area (Å²) in [7, 11) is 0. The van der Waals surface area contributed by atoms with Crippen LogP contribution in [0.2, 0.25) is 0 Å². The largest absolute Gasteiger partial charge is 0.465 e. The molecule has 0 atom stereocenters. The third-order valence-electron chi connectivity index (χ3n) is 1.97. The van der Waals surface area contributed by atoms with E-state index >= 15 is 0 Å². The molecule has 0 bridgehead atoms. The van der Waals surface area contributed by atoms with E-state index in [-0.39, 0.29) is 0 Å². The van der Waals surface area contributed by atoms with Crippen LogP contribution in [0.25, 0.3) is 0 Å². The van der Waals surface area contributed by atoms with Crippen molar-refractivity contribution in [3.8, 4) is 0 Å². The Morgan fingerprint density at radius 2 is 1.41 bits per heavy atom. The van der Waals surface area contributed by atoms with Crippen molar-refractivity contribution in [1.29, 1.82) is 0 Å². The Kier molecular flexibility index (Phi) is 5.31. The lowest BCUT2D eigenvalue weighted by Gasteiger charge is -1.96. The number of rotatable bonds is 1. The second kappa shape index (κ2) is 7.06. The van der Waals surface area contributed by atoms with Crippen molar-refractivity contribution < 1.29 is 9.90 Å². The highest BCUT2D eigenvalue weighted by molar-refractivity contribution is 5.82. The molecule has 3 heteroatoms. The van der Waals surface area contributed by atoms with Crippen LogP contribution < -0.4 is 5.32 Å². The van der Waals surface area contributed by atoms with Gasteiger partial charge in [0.2, 0.25) is 0 Å². The first-order valence-electron chi connectivity index (χ1n) is 5.25. The second-order valence-electron chi connectivity index (χ2n) is 3.45. The van der Waals surface area contributed by atoms with Crippen LogP contribution in [-0.2, 0) is 0 Å². The van der Waals surface area contributed by atoms with Crippen molar-refractivity contribution in [2.75, 3.05) is 5.32 Å². The number of carbonyl (C=O) groups is 1. The maximum Gasteiger partial charge on any atom is 0.409 e. The second-order valence-corrected chi connectivity index (χ2v) is 3.45. The molecule has 17 heavy (non-hydrogen) atoms. The van der Waals surface area contributed by atoms with Gasteiger partial charge in [0.15, 0.2) is 0 Å². The predicted octanol–water partition coefficient (Wildman–Crippen LogP) is 3.77. The van der Waals surface area contributed by atoms with E-state index in [0.29, 0.717) is 5.69 Å². The Hall–Kier alpha value is -2.29. The van der Waals surface area contributed by atoms with Gasteiger partial charge in [0.1, 0.15) is 0 Å². The molecule has 0 aliphatic carbocycles. The summed E-state index contributed by atoms with van der Waals surface area (Å²) >= 11 is 0. The van der Waals surface area contributed by atoms with Gasteiger partial charge < -0.3 is 5.11 Å². The fourth-order valence-electron chi connectivity index (χ4n) is 1.18. The summed E-state index contributed by atoms with van der Waals surface area (Å²) in [6.45, 7) is 2.08. The fourth-order valence-corrected chi connectivity index (χ4v) is 1.18. The molecule has 0 heterocycles. The fraction of sp³-hybridized carbons (Fsp3) is 0.0714. The lowest BCUT2D eigenvalue weighted by atomic mass is 10.2. The molecular formula is C14H15NO2. The van der Waals surface area contributed by atoms with Crippen molar-refractivity contribution in [2.24, 2.45) is 0 Å². The number of amides is 1. The van der Waals surface area contributed by atoms with Gasteiger partial charge in [0, 0.05) is 5.69 Å². The van der Waals surface area contributed by atoms with Crippen molar-refractivity contribution >= 4 is 11.8 Å². The zero-order valence-electron chi connectivity index (χ0n) is 9.63. The molecule has 88 valence electrons. The minimum atomic E-state index is -1.04. The predicted molar refractivity (Wildman–Crippen MR) is 69.3 cm³/mol. The van der Waals surface area contributed by atoms with Crippen molar-refractivity contribution in [1.82, 2.24) is 0 Å². The van der Waals surface area contributed by atoms with Crippen LogP contribution in [0.3, 0.4) is 0 Å². The third-order valence-corrected chi connectivity index (χ3v) is 1.97. The van der Waals surface area contributed by atoms with Gasteiger partial charge in [0.25, 0.3) is 0 Å². The first kappa shape index (κ1) is 12.8. The van der Waals surface area contributed by atoms with Crippen molar-refractivity contribution in [2.45, 2.75) is 6.92 Å². The number of benzene rings is 2. The smallest absolute Gasteiger partial charge is 0.409 e. The molecule has 0 saturated carbocycles. The van der Waals surface area contributed by atoms with E-state index in [0.717, 1.165) is 0 Å². The monoisotopic (exact) mass is 229 g/mol. The van der Waals surface area contributed by atoms with Gasteiger partial charge in [-0.2, -0.15) is 0 Å². The molecular weight excluding hydrogens is 214 g/mol. The topological polar surface area (TPSA) is 49.3 Å². The average molecular weight is 229 g/mol. The van der Waals surface area contributed by atoms with Crippen LogP contribution in [0, 0.1) is 6.92 Å². The number of anilines is 1. The Bertz CT molecular complexity index is 440. The number of nitrogens with one attached hydrogen (secondary N) is 1. The summed E-state index contributed by atoms with van der Waals surface area (Å²) in [6, 6.07) is 19.0. The highest BCUT2D eigenvalue weighted by Gasteiger charge is 1.93. The van der Waals surface area contributed by atoms with E-state index in [1.165, 1.54) is 5.56 Å². The van der Waals surface area contributed by atoms with Gasteiger partial charge in [-0.15, -0.1) is 0 Å². The third kappa shape index (κ3) is 5.99. The SMILES string of the molecule is Cc1ccccc1.O=C(O)Nc1ccccc1. The molecule has 2 aromatic carbocycles. The van der Waals surface area contributed by atoms with Crippen LogP contribution in [0.15, 0.2) is 60.7 Å². The lowest BCUT2D eigenvalue weighted by molar-refractivity contribution is 0.210. The van der Waals surface area contributed by atoms with E-state index in [1.54, 1.807) is 24.3 Å². The van der Waals surface area contributed by atoms with Crippen LogP contribution in [0.1, 0.15) is 5.56 Å². The number of para-hydroxylation sites is 1. The zero-order valence-corrected chi connectivity index (χ0v) is 9.63. The van der Waals surface area contributed by atoms with E-state index in [9.17, 15) is 4.79 Å². The van der Waals surface area contributed by atoms with Crippen LogP contribution in [0.5, 0.6) is 0 Å². The van der Waals surface area contributed by atoms with Gasteiger partial charge in [-0.3, -0.25) is 5.32 Å². The summed E-state index contributed by atoms with van der Waals surface area (Å²) < 4.78 is 0. The first-order chi connectivity index (χ1) is 8.18. The minimum absolute atomic E-state index is 0.593. The Balaban J connectivity index is 0.000000181. The summed E-state index contributed by atoms with van der Waals surface area (Å²) in [6.07, 6.45) is -1.04. The normalized spacial score (nSPS) is 8.76. The molecule has 0 aliphatic rings. The van der Waals surface area contributed by atoms with E-state index in [2.05, 4.69) is 24.4 Å². The first-order valence-corrected chi connectivity index (χ1v) is 5.25. The molecule has 3 nitrogen and oxygen atoms in total. The highest BCUT2D eigenvalue weighted by Crippen LogP contribution is 2.03. The minimum Gasteiger partial charge on any atom is -0.465 e. The molecule has 2 N–H and O–H groups in total. The zero-order chi connectivity index (χ0) is 12.5. The molecule has 0 spiro atoms. The number of hydrogen-bond donors (Lipinski definition) is 2. The number of aryl methyl sites for hydroxylation is 1. The Labute approximate surface area is 101 Å². The maximum absolute atomic E-state index is 10.1. The molecule has 1 amide bonds. The average Bonchev–Trinajstić information content (AvgIpc) is 2.31. The van der Waals surface area contributed by atoms with Gasteiger partial charge in [-0.25, -0.2) is 4.79 Å². The van der Waals surface area contributed by atoms with Crippen molar-refractivity contribution in [3.63, 3.8) is 0 Å². The molecule has 0 fully saturated rings. The standard InChI is InChI=1S/C7H7NO2.C7H8/c9-7(10)8-6-4-2-1-3-5-6;1-7-5-3-2-4-6-7/h1-5,8H,(H,9,10);2-6H,1H3. The highest BCUT2D eigenvalue weighted by atomic mass is 16.4. The van der Waals surface area contributed by atoms with Crippen LogP contribution in [0.4, 0.5) is 10.5 Å². The Morgan fingerprint density at radius 3 is 1.76 bits per heavy atom. The molecule has 2 rings (SSSR count). The number of hydrogen-bond acceptors (Lipinski definition) is 1. The lowest BCUT2D eigenvalue weighted by Crippen LogP contribution is -2.06. The molecule has 0 radical (unpaired) electrons. The van der Waals surface area contributed by atoms with Crippen molar-refractivity contribution in [3.05, 3.63) is 66.2 Å². The molecule has 0 aliphatic heterocycles. The molecule has 0 saturated heterocycles. The van der Waals surface area contributed by atoms with Gasteiger partial charge >= 0.3 is 6.09 Å². The molecule has 2 aromatic rings. The van der Waals surface area contributed by atoms with Gasteiger partial charge in [0.05, 0.1) is 0 Å². The van der Waals surface area contributed by atoms with Crippen LogP contribution in [-0.4, -0.2) is 11.2 Å². The van der Waals surface area contributed by atoms with E-state index in [1.807, 2.05) is 24.3 Å². The summed E-state index contributed by atoms with van der Waals surface area (Å²) in [5, 5.41) is 10.5. The molecule has 0 aromatic heterocycles. The quantitative estimate of drug-likeness (QED) is 0.782. The number of carboxylic acid groups (broad SMARTS) is 1.